The monoisotopic (exact) mass is 372 g/mol. The lowest BCUT2D eigenvalue weighted by atomic mass is 10.1. The number of rotatable bonds is 8. The molecule has 0 unspecified atom stereocenters. The summed E-state index contributed by atoms with van der Waals surface area (Å²) in [6, 6.07) is 7.05. The highest BCUT2D eigenvalue weighted by molar-refractivity contribution is 5.97. The van der Waals surface area contributed by atoms with E-state index in [-0.39, 0.29) is 36.1 Å². The van der Waals surface area contributed by atoms with Gasteiger partial charge in [0.25, 0.3) is 11.8 Å². The summed E-state index contributed by atoms with van der Waals surface area (Å²) < 4.78 is 5.18. The first-order valence-corrected chi connectivity index (χ1v) is 8.82. The molecule has 7 heteroatoms. The maximum absolute atomic E-state index is 12.4. The highest BCUT2D eigenvalue weighted by atomic mass is 16.4. The molecule has 2 aromatic rings. The number of hydrogen-bond acceptors (Lipinski definition) is 4. The average Bonchev–Trinajstić information content (AvgIpc) is 3.00. The van der Waals surface area contributed by atoms with Gasteiger partial charge in [-0.3, -0.25) is 14.4 Å². The summed E-state index contributed by atoms with van der Waals surface area (Å²) in [5.74, 6) is -1.34. The maximum Gasteiger partial charge on any atom is 0.311 e. The molecular weight excluding hydrogens is 348 g/mol. The number of amides is 2. The van der Waals surface area contributed by atoms with Gasteiger partial charge in [0.05, 0.1) is 11.8 Å². The van der Waals surface area contributed by atoms with Crippen molar-refractivity contribution in [1.82, 2.24) is 10.2 Å². The highest BCUT2D eigenvalue weighted by Gasteiger charge is 2.20. The van der Waals surface area contributed by atoms with Crippen LogP contribution in [0.15, 0.2) is 34.9 Å². The lowest BCUT2D eigenvalue weighted by molar-refractivity contribution is -0.136. The smallest absolute Gasteiger partial charge is 0.311 e. The highest BCUT2D eigenvalue weighted by Crippen LogP contribution is 2.17. The molecular formula is C20H24N2O5. The van der Waals surface area contributed by atoms with Gasteiger partial charge in [-0.25, -0.2) is 0 Å². The predicted molar refractivity (Wildman–Crippen MR) is 99.6 cm³/mol. The molecule has 1 heterocycles. The first kappa shape index (κ1) is 20.2. The topological polar surface area (TPSA) is 99.9 Å². The van der Waals surface area contributed by atoms with E-state index in [2.05, 4.69) is 5.32 Å². The van der Waals surface area contributed by atoms with Gasteiger partial charge in [-0.1, -0.05) is 12.1 Å². The van der Waals surface area contributed by atoms with E-state index < -0.39 is 5.97 Å². The van der Waals surface area contributed by atoms with Crippen molar-refractivity contribution in [3.8, 4) is 0 Å². The standard InChI is InChI=1S/C20H24N2O5/c1-4-22(5-2)20(26)15-8-6-14(7-9-15)11-21-19(25)18-13(3)12-27-16(18)10-17(23)24/h6-9,12H,4-5,10-11H2,1-3H3,(H,21,25)(H,23,24). The summed E-state index contributed by atoms with van der Waals surface area (Å²) in [5, 5.41) is 11.7. The molecule has 0 aliphatic rings. The zero-order valence-electron chi connectivity index (χ0n) is 15.7. The maximum atomic E-state index is 12.4. The third-order valence-corrected chi connectivity index (χ3v) is 4.29. The summed E-state index contributed by atoms with van der Waals surface area (Å²) in [7, 11) is 0. The van der Waals surface area contributed by atoms with Gasteiger partial charge in [0.1, 0.15) is 12.2 Å². The fraction of sp³-hybridized carbons (Fsp3) is 0.350. The fourth-order valence-electron chi connectivity index (χ4n) is 2.80. The number of benzene rings is 1. The molecule has 0 bridgehead atoms. The van der Waals surface area contributed by atoms with E-state index in [9.17, 15) is 14.4 Å². The van der Waals surface area contributed by atoms with Gasteiger partial charge in [0, 0.05) is 30.8 Å². The second-order valence-electron chi connectivity index (χ2n) is 6.14. The Hall–Kier alpha value is -3.09. The van der Waals surface area contributed by atoms with Gasteiger partial charge >= 0.3 is 5.97 Å². The van der Waals surface area contributed by atoms with Crippen LogP contribution in [0.3, 0.4) is 0 Å². The molecule has 0 saturated heterocycles. The molecule has 1 aromatic heterocycles. The Balaban J connectivity index is 2.03. The molecule has 1 aromatic carbocycles. The first-order valence-electron chi connectivity index (χ1n) is 8.82. The number of carbonyl (C=O) groups is 3. The Labute approximate surface area is 158 Å². The second-order valence-corrected chi connectivity index (χ2v) is 6.14. The quantitative estimate of drug-likeness (QED) is 0.742. The number of hydrogen-bond donors (Lipinski definition) is 2. The van der Waals surface area contributed by atoms with Crippen molar-refractivity contribution in [3.05, 3.63) is 58.5 Å². The zero-order chi connectivity index (χ0) is 20.0. The molecule has 144 valence electrons. The van der Waals surface area contributed by atoms with Crippen molar-refractivity contribution < 1.29 is 23.9 Å². The van der Waals surface area contributed by atoms with E-state index in [1.54, 1.807) is 36.1 Å². The number of carbonyl (C=O) groups excluding carboxylic acids is 2. The van der Waals surface area contributed by atoms with Crippen LogP contribution in [0.4, 0.5) is 0 Å². The Morgan fingerprint density at radius 1 is 1.11 bits per heavy atom. The minimum Gasteiger partial charge on any atom is -0.481 e. The minimum absolute atomic E-state index is 0.0251. The average molecular weight is 372 g/mol. The molecule has 0 saturated carbocycles. The van der Waals surface area contributed by atoms with Crippen LogP contribution in [0.2, 0.25) is 0 Å². The lowest BCUT2D eigenvalue weighted by Crippen LogP contribution is -2.30. The van der Waals surface area contributed by atoms with Crippen molar-refractivity contribution in [2.45, 2.75) is 33.7 Å². The Bertz CT molecular complexity index is 819. The summed E-state index contributed by atoms with van der Waals surface area (Å²) in [6.45, 7) is 7.11. The van der Waals surface area contributed by atoms with Crippen LogP contribution < -0.4 is 5.32 Å². The zero-order valence-corrected chi connectivity index (χ0v) is 15.7. The lowest BCUT2D eigenvalue weighted by Gasteiger charge is -2.18. The van der Waals surface area contributed by atoms with Crippen molar-refractivity contribution in [2.75, 3.05) is 13.1 Å². The van der Waals surface area contributed by atoms with Gasteiger partial charge in [0.2, 0.25) is 0 Å². The van der Waals surface area contributed by atoms with E-state index in [0.29, 0.717) is 24.2 Å². The number of carboxylic acid groups (broad SMARTS) is 1. The van der Waals surface area contributed by atoms with Gasteiger partial charge in [0.15, 0.2) is 0 Å². The van der Waals surface area contributed by atoms with Crippen molar-refractivity contribution in [3.63, 3.8) is 0 Å². The van der Waals surface area contributed by atoms with Crippen LogP contribution >= 0.6 is 0 Å². The van der Waals surface area contributed by atoms with E-state index >= 15 is 0 Å². The predicted octanol–water partition coefficient (Wildman–Crippen LogP) is 2.63. The van der Waals surface area contributed by atoms with Crippen LogP contribution in [0.5, 0.6) is 0 Å². The summed E-state index contributed by atoms with van der Waals surface area (Å²) >= 11 is 0. The van der Waals surface area contributed by atoms with E-state index in [1.807, 2.05) is 13.8 Å². The van der Waals surface area contributed by atoms with Crippen molar-refractivity contribution in [2.24, 2.45) is 0 Å². The summed E-state index contributed by atoms with van der Waals surface area (Å²) in [6.07, 6.45) is 1.03. The van der Waals surface area contributed by atoms with E-state index in [0.717, 1.165) is 5.56 Å². The van der Waals surface area contributed by atoms with Gasteiger partial charge in [-0.15, -0.1) is 0 Å². The Morgan fingerprint density at radius 3 is 2.30 bits per heavy atom. The summed E-state index contributed by atoms with van der Waals surface area (Å²) in [5.41, 5.74) is 2.28. The number of carboxylic acids is 1. The second kappa shape index (κ2) is 9.02. The van der Waals surface area contributed by atoms with Gasteiger partial charge < -0.3 is 19.7 Å². The number of aliphatic carboxylic acids is 1. The molecule has 2 rings (SSSR count). The van der Waals surface area contributed by atoms with Crippen LogP contribution in [0, 0.1) is 6.92 Å². The first-order chi connectivity index (χ1) is 12.9. The molecule has 27 heavy (non-hydrogen) atoms. The van der Waals surface area contributed by atoms with E-state index in [4.69, 9.17) is 9.52 Å². The minimum atomic E-state index is -1.06. The molecule has 2 amide bonds. The molecule has 0 aliphatic heterocycles. The Morgan fingerprint density at radius 2 is 1.74 bits per heavy atom. The van der Waals surface area contributed by atoms with Gasteiger partial charge in [-0.05, 0) is 38.5 Å². The molecule has 0 radical (unpaired) electrons. The van der Waals surface area contributed by atoms with Crippen molar-refractivity contribution in [1.29, 1.82) is 0 Å². The number of aryl methyl sites for hydroxylation is 1. The number of nitrogens with zero attached hydrogens (tertiary/aromatic N) is 1. The molecule has 0 fully saturated rings. The molecule has 7 nitrogen and oxygen atoms in total. The third kappa shape index (κ3) is 4.97. The molecule has 2 N–H and O–H groups in total. The normalized spacial score (nSPS) is 10.5. The van der Waals surface area contributed by atoms with Gasteiger partial charge in [-0.2, -0.15) is 0 Å². The number of nitrogens with one attached hydrogen (secondary N) is 1. The fourth-order valence-corrected chi connectivity index (χ4v) is 2.80. The van der Waals surface area contributed by atoms with Crippen LogP contribution in [-0.4, -0.2) is 40.9 Å². The molecule has 0 atom stereocenters. The SMILES string of the molecule is CCN(CC)C(=O)c1ccc(CNC(=O)c2c(C)coc2CC(=O)O)cc1. The largest absolute Gasteiger partial charge is 0.481 e. The Kier molecular flexibility index (Phi) is 6.76. The third-order valence-electron chi connectivity index (χ3n) is 4.29. The molecule has 0 aliphatic carbocycles. The summed E-state index contributed by atoms with van der Waals surface area (Å²) in [4.78, 5) is 37.3. The van der Waals surface area contributed by atoms with E-state index in [1.165, 1.54) is 6.26 Å². The number of furan rings is 1. The van der Waals surface area contributed by atoms with Crippen LogP contribution in [-0.2, 0) is 17.8 Å². The van der Waals surface area contributed by atoms with Crippen molar-refractivity contribution >= 4 is 17.8 Å². The van der Waals surface area contributed by atoms with Crippen LogP contribution in [0.1, 0.15) is 51.5 Å². The van der Waals surface area contributed by atoms with Crippen LogP contribution in [0.25, 0.3) is 0 Å². The molecule has 0 spiro atoms.